The number of thiophene rings is 1. The summed E-state index contributed by atoms with van der Waals surface area (Å²) in [4.78, 5) is 11.8. The van der Waals surface area contributed by atoms with Crippen LogP contribution in [0, 0.1) is 18.8 Å². The summed E-state index contributed by atoms with van der Waals surface area (Å²) in [6, 6.07) is 0. The molecular formula is C13H19NO4S2. The molecule has 112 valence electrons. The van der Waals surface area contributed by atoms with Crippen LogP contribution in [0.1, 0.15) is 35.0 Å². The van der Waals surface area contributed by atoms with Crippen LogP contribution in [0.2, 0.25) is 0 Å². The fourth-order valence-electron chi connectivity index (χ4n) is 2.15. The first-order valence-electron chi connectivity index (χ1n) is 6.53. The third-order valence-corrected chi connectivity index (χ3v) is 6.40. The van der Waals surface area contributed by atoms with Crippen molar-refractivity contribution in [1.82, 2.24) is 4.72 Å². The van der Waals surface area contributed by atoms with Crippen LogP contribution in [0.15, 0.2) is 10.3 Å². The van der Waals surface area contributed by atoms with Crippen LogP contribution < -0.4 is 4.72 Å². The number of rotatable bonds is 6. The minimum atomic E-state index is -3.67. The smallest absolute Gasteiger partial charge is 0.349 e. The van der Waals surface area contributed by atoms with Crippen LogP contribution >= 0.6 is 11.3 Å². The number of carbonyl (C=O) groups is 1. The molecule has 0 saturated heterocycles. The van der Waals surface area contributed by atoms with Crippen molar-refractivity contribution in [2.45, 2.75) is 31.6 Å². The maximum absolute atomic E-state index is 12.4. The van der Waals surface area contributed by atoms with Crippen LogP contribution in [-0.4, -0.2) is 28.0 Å². The molecule has 2 rings (SSSR count). The number of hydrogen-bond acceptors (Lipinski definition) is 5. The highest BCUT2D eigenvalue weighted by atomic mass is 32.2. The number of carbonyl (C=O) groups excluding carboxylic acids is 1. The van der Waals surface area contributed by atoms with Crippen LogP contribution in [0.3, 0.4) is 0 Å². The Bertz CT molecular complexity index is 602. The van der Waals surface area contributed by atoms with Crippen molar-refractivity contribution in [1.29, 1.82) is 0 Å². The van der Waals surface area contributed by atoms with Crippen molar-refractivity contribution < 1.29 is 17.9 Å². The van der Waals surface area contributed by atoms with Crippen molar-refractivity contribution in [3.05, 3.63) is 15.8 Å². The Hall–Kier alpha value is -0.920. The average Bonchev–Trinajstić information content (AvgIpc) is 3.18. The van der Waals surface area contributed by atoms with Crippen LogP contribution in [0.4, 0.5) is 0 Å². The highest BCUT2D eigenvalue weighted by molar-refractivity contribution is 7.89. The number of nitrogens with one attached hydrogen (secondary N) is 1. The van der Waals surface area contributed by atoms with Crippen molar-refractivity contribution in [3.8, 4) is 0 Å². The van der Waals surface area contributed by atoms with E-state index in [0.717, 1.165) is 11.3 Å². The molecule has 0 bridgehead atoms. The zero-order valence-corrected chi connectivity index (χ0v) is 13.4. The van der Waals surface area contributed by atoms with Crippen LogP contribution in [-0.2, 0) is 14.8 Å². The van der Waals surface area contributed by atoms with Gasteiger partial charge < -0.3 is 4.74 Å². The second-order valence-corrected chi connectivity index (χ2v) is 7.82. The molecule has 0 amide bonds. The molecular weight excluding hydrogens is 298 g/mol. The Balaban J connectivity index is 2.20. The van der Waals surface area contributed by atoms with Gasteiger partial charge >= 0.3 is 5.97 Å². The lowest BCUT2D eigenvalue weighted by molar-refractivity contribution is 0.0602. The second-order valence-electron chi connectivity index (χ2n) is 5.24. The maximum Gasteiger partial charge on any atom is 0.349 e. The van der Waals surface area contributed by atoms with E-state index in [1.807, 2.05) is 6.92 Å². The number of sulfonamides is 1. The molecule has 0 spiro atoms. The normalized spacial score (nSPS) is 16.9. The molecule has 1 aromatic rings. The summed E-state index contributed by atoms with van der Waals surface area (Å²) in [5.74, 6) is 0.338. The van der Waals surface area contributed by atoms with E-state index in [1.54, 1.807) is 12.3 Å². The summed E-state index contributed by atoms with van der Waals surface area (Å²) in [5, 5.41) is 1.66. The van der Waals surface area contributed by atoms with Crippen LogP contribution in [0.5, 0.6) is 0 Å². The highest BCUT2D eigenvalue weighted by Gasteiger charge is 2.31. The van der Waals surface area contributed by atoms with Gasteiger partial charge in [-0.15, -0.1) is 11.3 Å². The molecule has 1 heterocycles. The molecule has 20 heavy (non-hydrogen) atoms. The van der Waals surface area contributed by atoms with E-state index in [1.165, 1.54) is 20.0 Å². The first-order valence-corrected chi connectivity index (χ1v) is 8.89. The Morgan fingerprint density at radius 2 is 2.20 bits per heavy atom. The van der Waals surface area contributed by atoms with E-state index in [2.05, 4.69) is 9.46 Å². The number of hydrogen-bond donors (Lipinski definition) is 1. The van der Waals surface area contributed by atoms with Gasteiger partial charge in [-0.05, 0) is 42.5 Å². The zero-order valence-electron chi connectivity index (χ0n) is 11.8. The summed E-state index contributed by atoms with van der Waals surface area (Å²) < 4.78 is 32.0. The third-order valence-electron chi connectivity index (χ3n) is 3.58. The summed E-state index contributed by atoms with van der Waals surface area (Å²) >= 11 is 1.09. The predicted octanol–water partition coefficient (Wildman–Crippen LogP) is 2.17. The molecule has 1 saturated carbocycles. The summed E-state index contributed by atoms with van der Waals surface area (Å²) in [5.41, 5.74) is 0.571. The van der Waals surface area contributed by atoms with E-state index < -0.39 is 16.0 Å². The SMILES string of the molecule is COC(=O)c1scc(C)c1S(=O)(=O)NCC(C)C1CC1. The van der Waals surface area contributed by atoms with Gasteiger partial charge in [-0.25, -0.2) is 17.9 Å². The molecule has 1 atom stereocenters. The van der Waals surface area contributed by atoms with Crippen molar-refractivity contribution >= 4 is 27.3 Å². The fourth-order valence-corrected chi connectivity index (χ4v) is 4.99. The van der Waals surface area contributed by atoms with E-state index in [0.29, 0.717) is 23.9 Å². The lowest BCUT2D eigenvalue weighted by Crippen LogP contribution is -2.30. The Morgan fingerprint density at radius 3 is 2.75 bits per heavy atom. The molecule has 0 aliphatic heterocycles. The zero-order chi connectivity index (χ0) is 14.9. The summed E-state index contributed by atoms with van der Waals surface area (Å²) in [6.45, 7) is 4.13. The van der Waals surface area contributed by atoms with Gasteiger partial charge in [0.15, 0.2) is 0 Å². The molecule has 1 N–H and O–H groups in total. The predicted molar refractivity (Wildman–Crippen MR) is 77.5 cm³/mol. The van der Waals surface area contributed by atoms with E-state index in [-0.39, 0.29) is 9.77 Å². The number of methoxy groups -OCH3 is 1. The van der Waals surface area contributed by atoms with Gasteiger partial charge in [-0.1, -0.05) is 6.92 Å². The molecule has 1 aliphatic carbocycles. The van der Waals surface area contributed by atoms with Gasteiger partial charge in [0.05, 0.1) is 7.11 Å². The lowest BCUT2D eigenvalue weighted by atomic mass is 10.1. The van der Waals surface area contributed by atoms with Crippen molar-refractivity contribution in [3.63, 3.8) is 0 Å². The largest absolute Gasteiger partial charge is 0.465 e. The molecule has 0 radical (unpaired) electrons. The molecule has 1 aliphatic rings. The maximum atomic E-state index is 12.4. The first kappa shape index (κ1) is 15.5. The molecule has 1 aromatic heterocycles. The quantitative estimate of drug-likeness (QED) is 0.816. The Labute approximate surface area is 123 Å². The van der Waals surface area contributed by atoms with Gasteiger partial charge in [0.2, 0.25) is 10.0 Å². The van der Waals surface area contributed by atoms with E-state index in [9.17, 15) is 13.2 Å². The molecule has 1 unspecified atom stereocenters. The minimum Gasteiger partial charge on any atom is -0.465 e. The first-order chi connectivity index (χ1) is 9.36. The second kappa shape index (κ2) is 5.83. The van der Waals surface area contributed by atoms with Gasteiger partial charge in [-0.2, -0.15) is 0 Å². The van der Waals surface area contributed by atoms with Gasteiger partial charge in [0.25, 0.3) is 0 Å². The summed E-state index contributed by atoms with van der Waals surface area (Å²) in [7, 11) is -2.43. The van der Waals surface area contributed by atoms with Crippen molar-refractivity contribution in [2.75, 3.05) is 13.7 Å². The lowest BCUT2D eigenvalue weighted by Gasteiger charge is -2.12. The minimum absolute atomic E-state index is 0.0531. The van der Waals surface area contributed by atoms with Gasteiger partial charge in [-0.3, -0.25) is 0 Å². The number of esters is 1. The highest BCUT2D eigenvalue weighted by Crippen LogP contribution is 2.36. The number of aryl methyl sites for hydroxylation is 1. The monoisotopic (exact) mass is 317 g/mol. The Kier molecular flexibility index (Phi) is 4.51. The fraction of sp³-hybridized carbons (Fsp3) is 0.615. The van der Waals surface area contributed by atoms with Gasteiger partial charge in [0.1, 0.15) is 9.77 Å². The molecule has 5 nitrogen and oxygen atoms in total. The van der Waals surface area contributed by atoms with Crippen LogP contribution in [0.25, 0.3) is 0 Å². The molecule has 0 aromatic carbocycles. The van der Waals surface area contributed by atoms with E-state index >= 15 is 0 Å². The third kappa shape index (κ3) is 3.21. The van der Waals surface area contributed by atoms with Crippen molar-refractivity contribution in [2.24, 2.45) is 11.8 Å². The number of ether oxygens (including phenoxy) is 1. The topological polar surface area (TPSA) is 72.5 Å². The average molecular weight is 317 g/mol. The summed E-state index contributed by atoms with van der Waals surface area (Å²) in [6.07, 6.45) is 2.35. The Morgan fingerprint density at radius 1 is 1.55 bits per heavy atom. The van der Waals surface area contributed by atoms with Gasteiger partial charge in [0, 0.05) is 6.54 Å². The molecule has 7 heteroatoms. The molecule has 1 fully saturated rings. The standard InChI is InChI=1S/C13H19NO4S2/c1-8(10-4-5-10)6-14-20(16,17)12-9(2)7-19-11(12)13(15)18-3/h7-8,10,14H,4-6H2,1-3H3. The van der Waals surface area contributed by atoms with E-state index in [4.69, 9.17) is 0 Å².